The molecule has 1 aromatic carbocycles. The van der Waals surface area contributed by atoms with Gasteiger partial charge in [0.1, 0.15) is 0 Å². The van der Waals surface area contributed by atoms with Gasteiger partial charge in [0.05, 0.1) is 34.5 Å². The van der Waals surface area contributed by atoms with E-state index in [0.717, 1.165) is 31.3 Å². The summed E-state index contributed by atoms with van der Waals surface area (Å²) >= 11 is 0. The first-order valence-corrected chi connectivity index (χ1v) is 7.86. The third-order valence-corrected chi connectivity index (χ3v) is 3.99. The first-order chi connectivity index (χ1) is 11.5. The lowest BCUT2D eigenvalue weighted by atomic mass is 9.89. The highest BCUT2D eigenvalue weighted by Gasteiger charge is 2.33. The third kappa shape index (κ3) is 4.23. The topological polar surface area (TPSA) is 73.3 Å². The second-order valence-corrected chi connectivity index (χ2v) is 6.12. The third-order valence-electron chi connectivity index (χ3n) is 3.99. The van der Waals surface area contributed by atoms with Gasteiger partial charge < -0.3 is 29.6 Å². The lowest BCUT2D eigenvalue weighted by Gasteiger charge is -2.38. The molecule has 0 aromatic heterocycles. The monoisotopic (exact) mass is 337 g/mol. The molecule has 1 aliphatic heterocycles. The fourth-order valence-corrected chi connectivity index (χ4v) is 2.49. The Morgan fingerprint density at radius 3 is 2.17 bits per heavy atom. The maximum absolute atomic E-state index is 5.37. The minimum absolute atomic E-state index is 0.185. The maximum Gasteiger partial charge on any atom is 0.203 e. The molecule has 0 amide bonds. The van der Waals surface area contributed by atoms with Crippen LogP contribution in [0.1, 0.15) is 12.5 Å². The van der Waals surface area contributed by atoms with E-state index in [1.54, 1.807) is 28.4 Å². The summed E-state index contributed by atoms with van der Waals surface area (Å²) in [4.78, 5) is 4.25. The number of hydrogen-bond donors (Lipinski definition) is 2. The van der Waals surface area contributed by atoms with Gasteiger partial charge in [-0.15, -0.1) is 0 Å². The second-order valence-electron chi connectivity index (χ2n) is 6.12. The summed E-state index contributed by atoms with van der Waals surface area (Å²) in [5.41, 5.74) is 1.19. The summed E-state index contributed by atoms with van der Waals surface area (Å²) < 4.78 is 21.4. The van der Waals surface area contributed by atoms with Crippen LogP contribution in [0.2, 0.25) is 0 Å². The molecule has 0 spiro atoms. The lowest BCUT2D eigenvalue weighted by molar-refractivity contribution is -0.0971. The van der Waals surface area contributed by atoms with Crippen molar-refractivity contribution >= 4 is 5.96 Å². The molecule has 0 unspecified atom stereocenters. The fourth-order valence-electron chi connectivity index (χ4n) is 2.49. The average Bonchev–Trinajstić information content (AvgIpc) is 2.59. The van der Waals surface area contributed by atoms with Crippen molar-refractivity contribution in [1.82, 2.24) is 10.6 Å². The number of guanidine groups is 1. The Bertz CT molecular complexity index is 560. The first-order valence-electron chi connectivity index (χ1n) is 7.86. The summed E-state index contributed by atoms with van der Waals surface area (Å²) in [6.07, 6.45) is 0. The molecule has 1 heterocycles. The van der Waals surface area contributed by atoms with Crippen LogP contribution in [-0.4, -0.2) is 54.1 Å². The molecule has 0 bridgehead atoms. The minimum Gasteiger partial charge on any atom is -0.493 e. The molecule has 134 valence electrons. The van der Waals surface area contributed by atoms with E-state index in [9.17, 15) is 0 Å². The van der Waals surface area contributed by atoms with Crippen LogP contribution in [0.4, 0.5) is 0 Å². The number of hydrogen-bond acceptors (Lipinski definition) is 5. The van der Waals surface area contributed by atoms with Crippen molar-refractivity contribution in [3.63, 3.8) is 0 Å². The van der Waals surface area contributed by atoms with Crippen molar-refractivity contribution in [2.24, 2.45) is 10.4 Å². The van der Waals surface area contributed by atoms with E-state index in [-0.39, 0.29) is 5.41 Å². The van der Waals surface area contributed by atoms with Crippen molar-refractivity contribution in [2.75, 3.05) is 48.1 Å². The molecule has 24 heavy (non-hydrogen) atoms. The van der Waals surface area contributed by atoms with Gasteiger partial charge in [-0.2, -0.15) is 0 Å². The van der Waals surface area contributed by atoms with Crippen LogP contribution in [0.25, 0.3) is 0 Å². The van der Waals surface area contributed by atoms with Crippen molar-refractivity contribution in [2.45, 2.75) is 13.5 Å². The molecule has 1 saturated heterocycles. The van der Waals surface area contributed by atoms with Crippen LogP contribution in [-0.2, 0) is 11.3 Å². The largest absolute Gasteiger partial charge is 0.493 e. The molecule has 2 N–H and O–H groups in total. The van der Waals surface area contributed by atoms with Gasteiger partial charge in [0.15, 0.2) is 17.5 Å². The Labute approximate surface area is 143 Å². The highest BCUT2D eigenvalue weighted by Crippen LogP contribution is 2.38. The van der Waals surface area contributed by atoms with Crippen LogP contribution in [0, 0.1) is 5.41 Å². The molecule has 1 aliphatic rings. The molecule has 7 heteroatoms. The lowest BCUT2D eigenvalue weighted by Crippen LogP contribution is -2.50. The predicted octanol–water partition coefficient (Wildman–Crippen LogP) is 1.41. The number of methoxy groups -OCH3 is 3. The van der Waals surface area contributed by atoms with Crippen molar-refractivity contribution < 1.29 is 18.9 Å². The van der Waals surface area contributed by atoms with Gasteiger partial charge in [-0.05, 0) is 17.7 Å². The molecule has 0 saturated carbocycles. The van der Waals surface area contributed by atoms with Crippen LogP contribution >= 0.6 is 0 Å². The standard InChI is InChI=1S/C17H27N3O4/c1-17(10-24-11-17)9-20-16(18-2)19-8-12-6-13(21-3)15(23-5)14(7-12)22-4/h6-7H,8-11H2,1-5H3,(H2,18,19,20). The fraction of sp³-hybridized carbons (Fsp3) is 0.588. The van der Waals surface area contributed by atoms with Crippen molar-refractivity contribution in [3.8, 4) is 17.2 Å². The van der Waals surface area contributed by atoms with Crippen LogP contribution < -0.4 is 24.8 Å². The number of nitrogens with one attached hydrogen (secondary N) is 2. The zero-order valence-electron chi connectivity index (χ0n) is 15.1. The zero-order valence-corrected chi connectivity index (χ0v) is 15.1. The van der Waals surface area contributed by atoms with E-state index in [1.165, 1.54) is 0 Å². The molecule has 7 nitrogen and oxygen atoms in total. The first kappa shape index (κ1) is 18.2. The highest BCUT2D eigenvalue weighted by atomic mass is 16.5. The Hall–Kier alpha value is -2.15. The molecular formula is C17H27N3O4. The number of rotatable bonds is 7. The maximum atomic E-state index is 5.37. The SMILES string of the molecule is CN=C(NCc1cc(OC)c(OC)c(OC)c1)NCC1(C)COC1. The summed E-state index contributed by atoms with van der Waals surface area (Å²) in [6, 6.07) is 3.84. The Balaban J connectivity index is 1.99. The Morgan fingerprint density at radius 1 is 1.12 bits per heavy atom. The van der Waals surface area contributed by atoms with Gasteiger partial charge in [0.25, 0.3) is 0 Å². The van der Waals surface area contributed by atoms with Gasteiger partial charge in [0.2, 0.25) is 5.75 Å². The summed E-state index contributed by atoms with van der Waals surface area (Å²) in [5, 5.41) is 6.63. The number of benzene rings is 1. The van der Waals surface area contributed by atoms with E-state index < -0.39 is 0 Å². The van der Waals surface area contributed by atoms with Crippen molar-refractivity contribution in [3.05, 3.63) is 17.7 Å². The molecule has 1 aromatic rings. The number of nitrogens with zero attached hydrogens (tertiary/aromatic N) is 1. The summed E-state index contributed by atoms with van der Waals surface area (Å²) in [5.74, 6) is 2.60. The van der Waals surface area contributed by atoms with Gasteiger partial charge in [-0.1, -0.05) is 6.92 Å². The van der Waals surface area contributed by atoms with E-state index in [2.05, 4.69) is 22.5 Å². The molecule has 1 fully saturated rings. The summed E-state index contributed by atoms with van der Waals surface area (Å²) in [6.45, 7) is 5.16. The van der Waals surface area contributed by atoms with E-state index in [0.29, 0.717) is 23.8 Å². The predicted molar refractivity (Wildman–Crippen MR) is 93.2 cm³/mol. The van der Waals surface area contributed by atoms with Gasteiger partial charge >= 0.3 is 0 Å². The minimum atomic E-state index is 0.185. The van der Waals surface area contributed by atoms with Crippen LogP contribution in [0.3, 0.4) is 0 Å². The Kier molecular flexibility index (Phi) is 6.14. The number of aliphatic imine (C=N–C) groups is 1. The van der Waals surface area contributed by atoms with Crippen LogP contribution in [0.5, 0.6) is 17.2 Å². The molecule has 0 radical (unpaired) electrons. The number of ether oxygens (including phenoxy) is 4. The normalized spacial score (nSPS) is 16.1. The quantitative estimate of drug-likeness (QED) is 0.579. The van der Waals surface area contributed by atoms with E-state index >= 15 is 0 Å². The molecule has 0 aliphatic carbocycles. The van der Waals surface area contributed by atoms with Gasteiger partial charge in [-0.25, -0.2) is 0 Å². The smallest absolute Gasteiger partial charge is 0.203 e. The molecule has 2 rings (SSSR count). The van der Waals surface area contributed by atoms with Gasteiger partial charge in [0, 0.05) is 25.6 Å². The second kappa shape index (κ2) is 8.10. The van der Waals surface area contributed by atoms with Crippen molar-refractivity contribution in [1.29, 1.82) is 0 Å². The summed E-state index contributed by atoms with van der Waals surface area (Å²) in [7, 11) is 6.56. The van der Waals surface area contributed by atoms with E-state index in [1.807, 2.05) is 12.1 Å². The van der Waals surface area contributed by atoms with Crippen LogP contribution in [0.15, 0.2) is 17.1 Å². The molecule has 0 atom stereocenters. The highest BCUT2D eigenvalue weighted by molar-refractivity contribution is 5.79. The Morgan fingerprint density at radius 2 is 1.75 bits per heavy atom. The van der Waals surface area contributed by atoms with Gasteiger partial charge in [-0.3, -0.25) is 4.99 Å². The molecular weight excluding hydrogens is 310 g/mol. The average molecular weight is 337 g/mol. The van der Waals surface area contributed by atoms with E-state index in [4.69, 9.17) is 18.9 Å². The zero-order chi connectivity index (χ0) is 17.6.